The maximum absolute atomic E-state index is 12.8. The summed E-state index contributed by atoms with van der Waals surface area (Å²) in [6.45, 7) is 1.38. The van der Waals surface area contributed by atoms with Gasteiger partial charge in [0.15, 0.2) is 15.3 Å². The third kappa shape index (κ3) is 3.25. The van der Waals surface area contributed by atoms with E-state index in [1.54, 1.807) is 23.1 Å². The molecule has 1 spiro atoms. The quantitative estimate of drug-likeness (QED) is 0.789. The zero-order valence-electron chi connectivity index (χ0n) is 14.3. The summed E-state index contributed by atoms with van der Waals surface area (Å²) in [6.07, 6.45) is 0.922. The Hall–Kier alpha value is -2.22. The number of nitrogens with zero attached hydrogens (tertiary/aromatic N) is 1. The number of fused-ring (bicyclic) bond motifs is 1. The maximum Gasteiger partial charge on any atom is 0.227 e. The predicted molar refractivity (Wildman–Crippen MR) is 99.2 cm³/mol. The molecule has 2 aliphatic rings. The number of carbonyl (C=O) groups is 1. The molecule has 1 amide bonds. The van der Waals surface area contributed by atoms with Gasteiger partial charge in [0.1, 0.15) is 0 Å². The van der Waals surface area contributed by atoms with Crippen LogP contribution in [0, 0.1) is 0 Å². The molecule has 0 aromatic heterocycles. The van der Waals surface area contributed by atoms with E-state index in [1.165, 1.54) is 0 Å². The molecular weight excluding hydrogens is 350 g/mol. The van der Waals surface area contributed by atoms with Crippen LogP contribution >= 0.6 is 0 Å². The molecule has 6 nitrogen and oxygen atoms in total. The number of sulfonamides is 1. The number of nitrogens with one attached hydrogen (secondary N) is 2. The molecule has 2 atom stereocenters. The molecule has 136 valence electrons. The van der Waals surface area contributed by atoms with Gasteiger partial charge in [-0.25, -0.2) is 0 Å². The summed E-state index contributed by atoms with van der Waals surface area (Å²) in [7, 11) is -3.63. The highest BCUT2D eigenvalue weighted by Gasteiger charge is 2.47. The van der Waals surface area contributed by atoms with Gasteiger partial charge in [-0.05, 0) is 24.1 Å². The molecule has 2 N–H and O–H groups in total. The molecule has 1 saturated heterocycles. The first kappa shape index (κ1) is 17.2. The summed E-state index contributed by atoms with van der Waals surface area (Å²) in [4.78, 5) is 14.6. The van der Waals surface area contributed by atoms with Crippen molar-refractivity contribution in [2.45, 2.75) is 23.3 Å². The van der Waals surface area contributed by atoms with Gasteiger partial charge < -0.3 is 14.8 Å². The van der Waals surface area contributed by atoms with Crippen LogP contribution in [0.3, 0.4) is 0 Å². The highest BCUT2D eigenvalue weighted by molar-refractivity contribution is 7.96. The fourth-order valence-corrected chi connectivity index (χ4v) is 5.29. The first-order valence-corrected chi connectivity index (χ1v) is 10.1. The number of para-hydroxylation sites is 1. The Morgan fingerprint density at radius 2 is 1.88 bits per heavy atom. The van der Waals surface area contributed by atoms with E-state index in [1.807, 2.05) is 36.4 Å². The number of amides is 1. The predicted octanol–water partition coefficient (Wildman–Crippen LogP) is 1.82. The van der Waals surface area contributed by atoms with E-state index >= 15 is 0 Å². The van der Waals surface area contributed by atoms with Crippen molar-refractivity contribution in [1.82, 2.24) is 9.62 Å². The van der Waals surface area contributed by atoms with Crippen molar-refractivity contribution >= 4 is 22.0 Å². The number of hydrogen-bond donors (Lipinski definition) is 2. The third-order valence-electron chi connectivity index (χ3n) is 5.05. The molecule has 2 aliphatic heterocycles. The Balaban J connectivity index is 1.51. The summed E-state index contributed by atoms with van der Waals surface area (Å²) in [5, 5.41) is 3.24. The minimum absolute atomic E-state index is 0.0223. The van der Waals surface area contributed by atoms with Gasteiger partial charge in [-0.3, -0.25) is 4.79 Å². The molecule has 0 bridgehead atoms. The van der Waals surface area contributed by atoms with Crippen LogP contribution in [-0.2, 0) is 25.8 Å². The zero-order valence-corrected chi connectivity index (χ0v) is 15.1. The van der Waals surface area contributed by atoms with Gasteiger partial charge in [0.05, 0.1) is 17.6 Å². The second kappa shape index (κ2) is 6.50. The van der Waals surface area contributed by atoms with Gasteiger partial charge in [0.25, 0.3) is 0 Å². The van der Waals surface area contributed by atoms with Crippen LogP contribution in [0.4, 0.5) is 5.69 Å². The molecule has 26 heavy (non-hydrogen) atoms. The lowest BCUT2D eigenvalue weighted by atomic mass is 10.00. The first-order chi connectivity index (χ1) is 12.5. The Bertz CT molecular complexity index is 873. The van der Waals surface area contributed by atoms with Gasteiger partial charge in [0, 0.05) is 19.6 Å². The van der Waals surface area contributed by atoms with Crippen molar-refractivity contribution in [3.05, 3.63) is 60.2 Å². The lowest BCUT2D eigenvalue weighted by molar-refractivity contribution is -0.129. The van der Waals surface area contributed by atoms with E-state index in [2.05, 4.69) is 10.0 Å². The summed E-state index contributed by atoms with van der Waals surface area (Å²) < 4.78 is 28.4. The topological polar surface area (TPSA) is 84.5 Å². The van der Waals surface area contributed by atoms with Crippen LogP contribution in [0.1, 0.15) is 12.0 Å². The molecule has 0 saturated carbocycles. The van der Waals surface area contributed by atoms with E-state index in [0.29, 0.717) is 38.2 Å². The van der Waals surface area contributed by atoms with E-state index in [4.69, 9.17) is 0 Å². The monoisotopic (exact) mass is 371 g/mol. The van der Waals surface area contributed by atoms with E-state index in [9.17, 15) is 13.6 Å². The van der Waals surface area contributed by atoms with E-state index < -0.39 is 15.9 Å². The number of carbonyl (C=O) groups excluding carboxylic acids is 1. The molecule has 2 unspecified atom stereocenters. The highest BCUT2D eigenvalue weighted by atomic mass is 32.3. The highest BCUT2D eigenvalue weighted by Crippen LogP contribution is 2.33. The van der Waals surface area contributed by atoms with Crippen molar-refractivity contribution in [3.8, 4) is 0 Å². The second-order valence-electron chi connectivity index (χ2n) is 6.96. The zero-order chi connectivity index (χ0) is 18.2. The number of rotatable bonds is 2. The van der Waals surface area contributed by atoms with E-state index in [-0.39, 0.29) is 10.8 Å². The van der Waals surface area contributed by atoms with Gasteiger partial charge >= 0.3 is 0 Å². The number of benzene rings is 2. The molecule has 2 heterocycles. The number of hydrogen-bond acceptors (Lipinski definition) is 4. The van der Waals surface area contributed by atoms with Gasteiger partial charge in [-0.2, -0.15) is 0 Å². The SMILES string of the molecule is O=C(Cc1ccccc1)N1CCC2(CNc3ccccc3[S+](=O)([O-])N2)C1. The minimum Gasteiger partial charge on any atom is -0.593 e. The van der Waals surface area contributed by atoms with Crippen molar-refractivity contribution in [3.63, 3.8) is 0 Å². The molecule has 4 rings (SSSR count). The Kier molecular flexibility index (Phi) is 4.30. The average molecular weight is 371 g/mol. The van der Waals surface area contributed by atoms with Crippen LogP contribution in [0.15, 0.2) is 59.5 Å². The van der Waals surface area contributed by atoms with Gasteiger partial charge in [0.2, 0.25) is 5.91 Å². The summed E-state index contributed by atoms with van der Waals surface area (Å²) in [5.74, 6) is 0.0223. The normalized spacial score (nSPS) is 27.7. The largest absolute Gasteiger partial charge is 0.593 e. The molecule has 2 aromatic carbocycles. The van der Waals surface area contributed by atoms with Crippen molar-refractivity contribution < 1.29 is 13.6 Å². The third-order valence-corrected chi connectivity index (χ3v) is 6.69. The standard InChI is InChI=1S/C19H21N3O3S/c23-18(12-15-6-2-1-3-7-15)22-11-10-19(14-22)13-20-16-8-4-5-9-17(16)26(24,25)21-19/h1-9H,10-14H2,(H2-,20,21,24,25). The van der Waals surface area contributed by atoms with Crippen LogP contribution in [0.2, 0.25) is 0 Å². The van der Waals surface area contributed by atoms with E-state index in [0.717, 1.165) is 5.56 Å². The summed E-state index contributed by atoms with van der Waals surface area (Å²) in [5.41, 5.74) is 0.890. The van der Waals surface area contributed by atoms with Crippen LogP contribution in [0.25, 0.3) is 0 Å². The van der Waals surface area contributed by atoms with Crippen LogP contribution < -0.4 is 10.0 Å². The lowest BCUT2D eigenvalue weighted by Gasteiger charge is -2.29. The van der Waals surface area contributed by atoms with Crippen molar-refractivity contribution in [1.29, 1.82) is 0 Å². The molecule has 2 aromatic rings. The van der Waals surface area contributed by atoms with Gasteiger partial charge in [-0.1, -0.05) is 46.7 Å². The molecular formula is C19H21N3O3S. The molecule has 0 radical (unpaired) electrons. The summed E-state index contributed by atoms with van der Waals surface area (Å²) >= 11 is 0. The van der Waals surface area contributed by atoms with Crippen LogP contribution in [-0.4, -0.2) is 40.5 Å². The lowest BCUT2D eigenvalue weighted by Crippen LogP contribution is -2.55. The molecule has 0 aliphatic carbocycles. The van der Waals surface area contributed by atoms with Crippen molar-refractivity contribution in [2.24, 2.45) is 0 Å². The molecule has 7 heteroatoms. The summed E-state index contributed by atoms with van der Waals surface area (Å²) in [6, 6.07) is 16.5. The maximum atomic E-state index is 12.8. The Labute approximate surface area is 154 Å². The average Bonchev–Trinajstić information content (AvgIpc) is 3.00. The fraction of sp³-hybridized carbons (Fsp3) is 0.316. The molecule has 1 fully saturated rings. The number of anilines is 1. The van der Waals surface area contributed by atoms with Crippen LogP contribution in [0.5, 0.6) is 0 Å². The second-order valence-corrected chi connectivity index (χ2v) is 8.61. The number of likely N-dealkylation sites (tertiary alicyclic amines) is 1. The van der Waals surface area contributed by atoms with Crippen molar-refractivity contribution in [2.75, 3.05) is 25.0 Å². The first-order valence-electron chi connectivity index (χ1n) is 8.66. The smallest absolute Gasteiger partial charge is 0.227 e. The van der Waals surface area contributed by atoms with Gasteiger partial charge in [-0.15, -0.1) is 4.72 Å². The Morgan fingerprint density at radius 3 is 2.69 bits per heavy atom. The fourth-order valence-electron chi connectivity index (χ4n) is 3.68. The Morgan fingerprint density at radius 1 is 1.15 bits per heavy atom. The minimum atomic E-state index is -3.63.